The van der Waals surface area contributed by atoms with Crippen molar-refractivity contribution in [3.05, 3.63) is 77.9 Å². The number of nitrogens with zero attached hydrogens (tertiary/aromatic N) is 3. The first kappa shape index (κ1) is 23.9. The van der Waals surface area contributed by atoms with Crippen LogP contribution < -0.4 is 31.3 Å². The molecule has 4 rings (SSSR count). The summed E-state index contributed by atoms with van der Waals surface area (Å²) in [5.74, 6) is 0. The van der Waals surface area contributed by atoms with E-state index in [0.29, 0.717) is 6.54 Å². The minimum atomic E-state index is -4.33. The van der Waals surface area contributed by atoms with Crippen LogP contribution in [0.15, 0.2) is 66.7 Å². The topological polar surface area (TPSA) is 10.4 Å². The van der Waals surface area contributed by atoms with E-state index in [2.05, 4.69) is 47.0 Å². The highest BCUT2D eigenvalue weighted by Crippen LogP contribution is 2.30. The Kier molecular flexibility index (Phi) is 6.69. The third kappa shape index (κ3) is 4.67. The van der Waals surface area contributed by atoms with Crippen molar-refractivity contribution in [1.29, 1.82) is 0 Å². The highest BCUT2D eigenvalue weighted by molar-refractivity contribution is 5.91. The smallest absolute Gasteiger partial charge is 0.416 e. The molecule has 168 valence electrons. The summed E-state index contributed by atoms with van der Waals surface area (Å²) in [6.07, 6.45) is -4.33. The van der Waals surface area contributed by atoms with E-state index in [1.165, 1.54) is 0 Å². The Labute approximate surface area is 196 Å². The predicted octanol–water partition coefficient (Wildman–Crippen LogP) is 2.48. The van der Waals surface area contributed by atoms with Crippen LogP contribution in [-0.4, -0.2) is 28.2 Å². The third-order valence-corrected chi connectivity index (χ3v) is 5.58. The lowest BCUT2D eigenvalue weighted by Gasteiger charge is -2.15. The van der Waals surface area contributed by atoms with Crippen molar-refractivity contribution in [2.24, 2.45) is 0 Å². The molecule has 0 unspecified atom stereocenters. The molecule has 4 aromatic rings. The normalized spacial score (nSPS) is 11.5. The molecule has 1 aromatic heterocycles. The Bertz CT molecular complexity index is 1180. The van der Waals surface area contributed by atoms with Crippen molar-refractivity contribution >= 4 is 33.2 Å². The summed E-state index contributed by atoms with van der Waals surface area (Å²) in [4.78, 5) is 4.09. The average molecular weight is 504 g/mol. The van der Waals surface area contributed by atoms with Gasteiger partial charge in [0.2, 0.25) is 11.0 Å². The number of halogens is 4. The zero-order valence-electron chi connectivity index (χ0n) is 18.4. The summed E-state index contributed by atoms with van der Waals surface area (Å²) in [5.41, 5.74) is 4.39. The van der Waals surface area contributed by atoms with Gasteiger partial charge < -0.3 is 26.8 Å². The van der Waals surface area contributed by atoms with Gasteiger partial charge in [-0.05, 0) is 42.5 Å². The lowest BCUT2D eigenvalue weighted by molar-refractivity contribution is -0.635. The van der Waals surface area contributed by atoms with Crippen LogP contribution in [-0.2, 0) is 12.7 Å². The first-order valence-corrected chi connectivity index (χ1v) is 10.0. The Hall–Kier alpha value is -2.80. The lowest BCUT2D eigenvalue weighted by atomic mass is 10.1. The van der Waals surface area contributed by atoms with Gasteiger partial charge in [0.25, 0.3) is 0 Å². The van der Waals surface area contributed by atoms with Gasteiger partial charge in [-0.1, -0.05) is 12.1 Å². The van der Waals surface area contributed by atoms with E-state index < -0.39 is 11.7 Å². The fraction of sp³-hybridized carbons (Fsp3) is 0.240. The van der Waals surface area contributed by atoms with Gasteiger partial charge in [0.15, 0.2) is 6.54 Å². The third-order valence-electron chi connectivity index (χ3n) is 5.58. The SMILES string of the molecule is CN(C)c1ccc2cc3ccc(N(C)C)cc3[n+](Cc3ccc(C(F)(F)F)cc3)c2c1.[Br-]. The number of hydrogen-bond acceptors (Lipinski definition) is 2. The maximum atomic E-state index is 13.0. The molecule has 32 heavy (non-hydrogen) atoms. The van der Waals surface area contributed by atoms with Gasteiger partial charge in [0, 0.05) is 68.0 Å². The molecule has 3 aromatic carbocycles. The zero-order valence-corrected chi connectivity index (χ0v) is 20.0. The molecular formula is C25H25BrF3N3. The van der Waals surface area contributed by atoms with Crippen molar-refractivity contribution < 1.29 is 34.7 Å². The monoisotopic (exact) mass is 503 g/mol. The number of benzene rings is 3. The van der Waals surface area contributed by atoms with E-state index in [0.717, 1.165) is 50.9 Å². The number of aromatic nitrogens is 1. The second kappa shape index (κ2) is 8.98. The Morgan fingerprint density at radius 1 is 0.688 bits per heavy atom. The Morgan fingerprint density at radius 3 is 1.56 bits per heavy atom. The van der Waals surface area contributed by atoms with Gasteiger partial charge in [-0.2, -0.15) is 17.7 Å². The quantitative estimate of drug-likeness (QED) is 0.313. The number of pyridine rings is 1. The van der Waals surface area contributed by atoms with E-state index in [9.17, 15) is 13.2 Å². The fourth-order valence-corrected chi connectivity index (χ4v) is 3.78. The lowest BCUT2D eigenvalue weighted by Crippen LogP contribution is -3.00. The van der Waals surface area contributed by atoms with Crippen LogP contribution in [0.1, 0.15) is 11.1 Å². The van der Waals surface area contributed by atoms with Crippen molar-refractivity contribution in [3.8, 4) is 0 Å². The summed E-state index contributed by atoms with van der Waals surface area (Å²) in [6, 6.07) is 20.2. The summed E-state index contributed by atoms with van der Waals surface area (Å²) >= 11 is 0. The molecule has 0 N–H and O–H groups in total. The molecule has 0 atom stereocenters. The van der Waals surface area contributed by atoms with E-state index in [1.807, 2.05) is 38.0 Å². The second-order valence-corrected chi connectivity index (χ2v) is 8.20. The van der Waals surface area contributed by atoms with E-state index in [4.69, 9.17) is 0 Å². The largest absolute Gasteiger partial charge is 1.00 e. The first-order valence-electron chi connectivity index (χ1n) is 10.0. The summed E-state index contributed by atoms with van der Waals surface area (Å²) in [6.45, 7) is 0.472. The molecule has 0 aliphatic heterocycles. The highest BCUT2D eigenvalue weighted by atomic mass is 79.9. The van der Waals surface area contributed by atoms with E-state index >= 15 is 0 Å². The minimum absolute atomic E-state index is 0. The maximum Gasteiger partial charge on any atom is 0.416 e. The van der Waals surface area contributed by atoms with Crippen molar-refractivity contribution in [2.45, 2.75) is 12.7 Å². The molecule has 0 saturated carbocycles. The van der Waals surface area contributed by atoms with Crippen molar-refractivity contribution in [1.82, 2.24) is 0 Å². The van der Waals surface area contributed by atoms with Crippen molar-refractivity contribution in [2.75, 3.05) is 38.0 Å². The highest BCUT2D eigenvalue weighted by Gasteiger charge is 2.30. The van der Waals surface area contributed by atoms with Crippen LogP contribution in [0.5, 0.6) is 0 Å². The maximum absolute atomic E-state index is 13.0. The molecule has 0 bridgehead atoms. The van der Waals surface area contributed by atoms with Gasteiger partial charge in [-0.25, -0.2) is 0 Å². The van der Waals surface area contributed by atoms with Crippen LogP contribution in [0, 0.1) is 0 Å². The number of hydrogen-bond donors (Lipinski definition) is 0. The number of alkyl halides is 3. The number of fused-ring (bicyclic) bond motifs is 2. The second-order valence-electron chi connectivity index (χ2n) is 8.20. The molecule has 3 nitrogen and oxygen atoms in total. The van der Waals surface area contributed by atoms with Crippen LogP contribution >= 0.6 is 0 Å². The van der Waals surface area contributed by atoms with E-state index in [1.54, 1.807) is 12.1 Å². The van der Waals surface area contributed by atoms with Gasteiger partial charge in [-0.15, -0.1) is 0 Å². The minimum Gasteiger partial charge on any atom is -1.00 e. The molecule has 0 saturated heterocycles. The predicted molar refractivity (Wildman–Crippen MR) is 121 cm³/mol. The summed E-state index contributed by atoms with van der Waals surface area (Å²) in [5, 5.41) is 2.17. The zero-order chi connectivity index (χ0) is 22.3. The number of anilines is 2. The summed E-state index contributed by atoms with van der Waals surface area (Å²) in [7, 11) is 7.97. The van der Waals surface area contributed by atoms with Gasteiger partial charge in [0.1, 0.15) is 0 Å². The van der Waals surface area contributed by atoms with Crippen LogP contribution in [0.4, 0.5) is 24.5 Å². The van der Waals surface area contributed by atoms with Crippen LogP contribution in [0.25, 0.3) is 21.8 Å². The molecule has 0 aliphatic carbocycles. The van der Waals surface area contributed by atoms with Gasteiger partial charge >= 0.3 is 6.18 Å². The fourth-order valence-electron chi connectivity index (χ4n) is 3.78. The van der Waals surface area contributed by atoms with E-state index in [-0.39, 0.29) is 17.0 Å². The molecule has 0 spiro atoms. The molecule has 1 heterocycles. The van der Waals surface area contributed by atoms with Gasteiger partial charge in [-0.3, -0.25) is 0 Å². The molecule has 7 heteroatoms. The number of rotatable bonds is 4. The van der Waals surface area contributed by atoms with Crippen LogP contribution in [0.3, 0.4) is 0 Å². The van der Waals surface area contributed by atoms with Crippen LogP contribution in [0.2, 0.25) is 0 Å². The van der Waals surface area contributed by atoms with Crippen molar-refractivity contribution in [3.63, 3.8) is 0 Å². The Balaban J connectivity index is 0.00000289. The molecule has 0 aliphatic rings. The molecule has 0 fully saturated rings. The standard InChI is InChI=1S/C25H25F3N3.BrH/c1-29(2)21-11-7-18-13-19-8-12-22(30(3)4)15-24(19)31(23(18)14-21)16-17-5-9-20(10-6-17)25(26,27)28;/h5-15H,16H2,1-4H3;1H/q+1;/p-1. The average Bonchev–Trinajstić information content (AvgIpc) is 2.72. The molecular weight excluding hydrogens is 479 g/mol. The molecule has 0 radical (unpaired) electrons. The summed E-state index contributed by atoms with van der Waals surface area (Å²) < 4.78 is 41.2. The Morgan fingerprint density at radius 2 is 1.16 bits per heavy atom. The first-order chi connectivity index (χ1) is 14.6. The van der Waals surface area contributed by atoms with Gasteiger partial charge in [0.05, 0.1) is 5.56 Å². The molecule has 0 amide bonds.